The Morgan fingerprint density at radius 2 is 1.84 bits per heavy atom. The number of carboxylic acids is 1. The maximum absolute atomic E-state index is 11.6. The minimum absolute atomic E-state index is 0.0344. The second kappa shape index (κ2) is 11.4. The van der Waals surface area contributed by atoms with Gasteiger partial charge in [0.15, 0.2) is 8.32 Å². The first kappa shape index (κ1) is 28.9. The Hall–Kier alpha value is -2.65. The number of nitrogens with zero attached hydrogens (tertiary/aromatic N) is 1. The molecule has 202 valence electrons. The van der Waals surface area contributed by atoms with Gasteiger partial charge in [-0.1, -0.05) is 32.9 Å². The molecule has 0 aliphatic rings. The molecule has 8 heteroatoms. The van der Waals surface area contributed by atoms with E-state index in [0.717, 1.165) is 28.5 Å². The van der Waals surface area contributed by atoms with Crippen LogP contribution >= 0.6 is 0 Å². The highest BCUT2D eigenvalue weighted by molar-refractivity contribution is 6.74. The first-order chi connectivity index (χ1) is 17.3. The molecule has 0 aliphatic heterocycles. The van der Waals surface area contributed by atoms with Gasteiger partial charge in [-0.05, 0) is 79.9 Å². The molecule has 7 nitrogen and oxygen atoms in total. The van der Waals surface area contributed by atoms with Gasteiger partial charge in [-0.3, -0.25) is 0 Å². The van der Waals surface area contributed by atoms with Gasteiger partial charge in [0.25, 0.3) is 0 Å². The summed E-state index contributed by atoms with van der Waals surface area (Å²) in [5.74, 6) is -0.835. The fraction of sp³-hybridized carbons (Fsp3) is 0.483. The van der Waals surface area contributed by atoms with Gasteiger partial charge in [-0.25, -0.2) is 4.79 Å². The van der Waals surface area contributed by atoms with E-state index in [1.165, 1.54) is 0 Å². The first-order valence-electron chi connectivity index (χ1n) is 13.0. The van der Waals surface area contributed by atoms with Gasteiger partial charge in [0.1, 0.15) is 11.4 Å². The number of nitrogens with one attached hydrogen (secondary N) is 1. The van der Waals surface area contributed by atoms with Crippen LogP contribution in [0, 0.1) is 0 Å². The van der Waals surface area contributed by atoms with Gasteiger partial charge >= 0.3 is 5.97 Å². The van der Waals surface area contributed by atoms with Crippen molar-refractivity contribution < 1.29 is 24.5 Å². The number of aliphatic hydroxyl groups is 1. The quantitative estimate of drug-likeness (QED) is 0.234. The molecular weight excluding hydrogens is 484 g/mol. The molecule has 0 aliphatic carbocycles. The summed E-state index contributed by atoms with van der Waals surface area (Å²) < 4.78 is 8.62. The van der Waals surface area contributed by atoms with Crippen molar-refractivity contribution in [2.24, 2.45) is 0 Å². The fourth-order valence-corrected chi connectivity index (χ4v) is 5.68. The van der Waals surface area contributed by atoms with Crippen molar-refractivity contribution in [1.82, 2.24) is 9.88 Å². The number of rotatable bonds is 11. The number of aromatic hydroxyl groups is 1. The van der Waals surface area contributed by atoms with Crippen LogP contribution in [0.2, 0.25) is 18.1 Å². The van der Waals surface area contributed by atoms with E-state index in [1.54, 1.807) is 12.1 Å². The lowest BCUT2D eigenvalue weighted by Gasteiger charge is -2.40. The van der Waals surface area contributed by atoms with Gasteiger partial charge in [0.05, 0.1) is 12.7 Å². The predicted molar refractivity (Wildman–Crippen MR) is 151 cm³/mol. The highest BCUT2D eigenvalue weighted by Crippen LogP contribution is 2.40. The maximum atomic E-state index is 11.6. The second-order valence-corrected chi connectivity index (χ2v) is 16.2. The number of carbonyl (C=O) groups is 1. The summed E-state index contributed by atoms with van der Waals surface area (Å²) in [7, 11) is -2.10. The van der Waals surface area contributed by atoms with E-state index in [9.17, 15) is 20.1 Å². The summed E-state index contributed by atoms with van der Waals surface area (Å²) in [6, 6.07) is 13.3. The van der Waals surface area contributed by atoms with Crippen LogP contribution in [-0.2, 0) is 24.0 Å². The van der Waals surface area contributed by atoms with E-state index in [4.69, 9.17) is 4.43 Å². The minimum Gasteiger partial charge on any atom is -0.508 e. The van der Waals surface area contributed by atoms with Crippen molar-refractivity contribution in [2.75, 3.05) is 6.54 Å². The Morgan fingerprint density at radius 1 is 1.14 bits per heavy atom. The number of benzene rings is 2. The molecule has 37 heavy (non-hydrogen) atoms. The third kappa shape index (κ3) is 6.62. The Kier molecular flexibility index (Phi) is 8.90. The number of phenols is 1. The van der Waals surface area contributed by atoms with Crippen LogP contribution in [0.15, 0.2) is 42.5 Å². The molecule has 1 aromatic heterocycles. The third-order valence-electron chi connectivity index (χ3n) is 7.58. The minimum atomic E-state index is -2.10. The van der Waals surface area contributed by atoms with Gasteiger partial charge in [-0.2, -0.15) is 0 Å². The number of carboxylic acid groups (broad SMARTS) is 1. The summed E-state index contributed by atoms with van der Waals surface area (Å²) >= 11 is 0. The second-order valence-electron chi connectivity index (χ2n) is 11.4. The number of hydrogen-bond acceptors (Lipinski definition) is 5. The zero-order valence-corrected chi connectivity index (χ0v) is 24.1. The van der Waals surface area contributed by atoms with E-state index in [2.05, 4.69) is 58.2 Å². The topological polar surface area (TPSA) is 104 Å². The largest absolute Gasteiger partial charge is 0.508 e. The lowest BCUT2D eigenvalue weighted by atomic mass is 10.0. The predicted octanol–water partition coefficient (Wildman–Crippen LogP) is 5.84. The molecule has 1 heterocycles. The summed E-state index contributed by atoms with van der Waals surface area (Å²) in [5, 5.41) is 33.9. The Labute approximate surface area is 221 Å². The number of aryl methyl sites for hydroxylation is 1. The van der Waals surface area contributed by atoms with E-state index in [-0.39, 0.29) is 29.5 Å². The molecule has 2 atom stereocenters. The van der Waals surface area contributed by atoms with Crippen molar-refractivity contribution >= 4 is 25.2 Å². The van der Waals surface area contributed by atoms with Crippen molar-refractivity contribution in [1.29, 1.82) is 0 Å². The zero-order chi connectivity index (χ0) is 27.5. The highest BCUT2D eigenvalue weighted by atomic mass is 28.4. The Morgan fingerprint density at radius 3 is 2.43 bits per heavy atom. The number of aliphatic hydroxyl groups excluding tert-OH is 1. The average Bonchev–Trinajstić information content (AvgIpc) is 3.19. The lowest BCUT2D eigenvalue weighted by Crippen LogP contribution is -2.44. The first-order valence-corrected chi connectivity index (χ1v) is 15.9. The van der Waals surface area contributed by atoms with Crippen LogP contribution in [0.25, 0.3) is 10.9 Å². The van der Waals surface area contributed by atoms with Crippen LogP contribution < -0.4 is 5.32 Å². The van der Waals surface area contributed by atoms with Crippen molar-refractivity contribution in [3.8, 4) is 5.75 Å². The van der Waals surface area contributed by atoms with Crippen LogP contribution in [0.4, 0.5) is 0 Å². The fourth-order valence-electron chi connectivity index (χ4n) is 4.39. The van der Waals surface area contributed by atoms with Crippen LogP contribution in [-0.4, -0.2) is 46.8 Å². The summed E-state index contributed by atoms with van der Waals surface area (Å²) in [5.41, 5.74) is 3.78. The number of hydrogen-bond donors (Lipinski definition) is 4. The van der Waals surface area contributed by atoms with Crippen molar-refractivity contribution in [2.45, 2.75) is 84.5 Å². The number of aromatic nitrogens is 1. The summed E-state index contributed by atoms with van der Waals surface area (Å²) in [6.45, 7) is 16.1. The molecule has 4 N–H and O–H groups in total. The summed E-state index contributed by atoms with van der Waals surface area (Å²) in [6.07, 6.45) is 0.549. The lowest BCUT2D eigenvalue weighted by molar-refractivity contribution is 0.0686. The highest BCUT2D eigenvalue weighted by Gasteiger charge is 2.39. The molecule has 3 rings (SSSR count). The molecule has 2 aromatic carbocycles. The van der Waals surface area contributed by atoms with Gasteiger partial charge in [0, 0.05) is 35.6 Å². The van der Waals surface area contributed by atoms with Gasteiger partial charge in [0.2, 0.25) is 0 Å². The van der Waals surface area contributed by atoms with Gasteiger partial charge < -0.3 is 29.6 Å². The van der Waals surface area contributed by atoms with E-state index >= 15 is 0 Å². The van der Waals surface area contributed by atoms with Crippen LogP contribution in [0.3, 0.4) is 0 Å². The molecule has 0 amide bonds. The standard InChI is InChI=1S/C29H42N2O5Si/c1-8-31-24-11-9-20(14-22(24)16-25(31)28(34)35)13-19(2)30-17-27(36-37(6,7)29(3,4)5)21-10-12-26(33)23(15-21)18-32/h9-12,14-16,19,27,30,32-33H,8,13,17-18H2,1-7H3,(H,34,35)/t19-,27+/m1/s1. The SMILES string of the molecule is CCn1c(C(=O)O)cc2cc(C[C@@H](C)NC[C@H](O[Si](C)(C)C(C)(C)C)c3ccc(O)c(CO)c3)ccc21. The zero-order valence-electron chi connectivity index (χ0n) is 23.1. The average molecular weight is 527 g/mol. The molecule has 0 spiro atoms. The number of aromatic carboxylic acids is 1. The molecule has 3 aromatic rings. The molecule has 0 radical (unpaired) electrons. The Balaban J connectivity index is 1.79. The molecule has 0 unspecified atom stereocenters. The van der Waals surface area contributed by atoms with Crippen molar-refractivity contribution in [3.05, 3.63) is 64.8 Å². The normalized spacial score (nSPS) is 14.2. The van der Waals surface area contributed by atoms with Gasteiger partial charge in [-0.15, -0.1) is 0 Å². The molecule has 0 bridgehead atoms. The molecule has 0 fully saturated rings. The Bertz CT molecular complexity index is 1250. The maximum Gasteiger partial charge on any atom is 0.352 e. The smallest absolute Gasteiger partial charge is 0.352 e. The number of fused-ring (bicyclic) bond motifs is 1. The molecule has 0 saturated carbocycles. The van der Waals surface area contributed by atoms with E-state index in [1.807, 2.05) is 29.7 Å². The van der Waals surface area contributed by atoms with E-state index < -0.39 is 14.3 Å². The monoisotopic (exact) mass is 526 g/mol. The van der Waals surface area contributed by atoms with Crippen molar-refractivity contribution in [3.63, 3.8) is 0 Å². The van der Waals surface area contributed by atoms with Crippen LogP contribution in [0.1, 0.15) is 67.9 Å². The summed E-state index contributed by atoms with van der Waals surface area (Å²) in [4.78, 5) is 11.6. The molecule has 0 saturated heterocycles. The van der Waals surface area contributed by atoms with Crippen LogP contribution in [0.5, 0.6) is 5.75 Å². The van der Waals surface area contributed by atoms with E-state index in [0.29, 0.717) is 24.3 Å². The molecular formula is C29H42N2O5Si. The third-order valence-corrected chi connectivity index (χ3v) is 12.1.